The molecule has 0 fully saturated rings. The van der Waals surface area contributed by atoms with E-state index >= 15 is 0 Å². The summed E-state index contributed by atoms with van der Waals surface area (Å²) in [5.41, 5.74) is 2.62. The van der Waals surface area contributed by atoms with Crippen LogP contribution in [0.15, 0.2) is 42.5 Å². The van der Waals surface area contributed by atoms with Crippen LogP contribution in [0.25, 0.3) is 0 Å². The molecule has 1 unspecified atom stereocenters. The molecule has 0 aliphatic heterocycles. The number of aromatic carboxylic acids is 1. The molecule has 1 atom stereocenters. The second-order valence-corrected chi connectivity index (χ2v) is 6.71. The number of carbonyl (C=O) groups is 2. The zero-order valence-corrected chi connectivity index (χ0v) is 15.2. The molecule has 0 saturated carbocycles. The van der Waals surface area contributed by atoms with Crippen LogP contribution in [-0.4, -0.2) is 23.6 Å². The molecule has 0 spiro atoms. The highest BCUT2D eigenvalue weighted by molar-refractivity contribution is 5.89. The van der Waals surface area contributed by atoms with Crippen LogP contribution in [0, 0.1) is 0 Å². The van der Waals surface area contributed by atoms with Crippen molar-refractivity contribution in [3.05, 3.63) is 64.7 Å². The molecule has 5 nitrogen and oxygen atoms in total. The molecule has 2 aromatic carbocycles. The van der Waals surface area contributed by atoms with Crippen molar-refractivity contribution in [1.29, 1.82) is 0 Å². The summed E-state index contributed by atoms with van der Waals surface area (Å²) in [5.74, 6) is -1.07. The molecule has 0 bridgehead atoms. The number of carboxylic acids is 1. The first-order valence-electron chi connectivity index (χ1n) is 9.12. The monoisotopic (exact) mass is 389 g/mol. The Morgan fingerprint density at radius 3 is 2.75 bits per heavy atom. The largest absolute Gasteiger partial charge is 0.478 e. The molecule has 0 saturated heterocycles. The van der Waals surface area contributed by atoms with Crippen molar-refractivity contribution in [2.45, 2.75) is 44.8 Å². The normalized spacial score (nSPS) is 15.8. The third kappa shape index (κ3) is 4.85. The number of carbonyl (C=O) groups excluding carboxylic acids is 1. The average molecular weight is 389 g/mol. The van der Waals surface area contributed by atoms with Crippen LogP contribution in [0.4, 0.5) is 8.78 Å². The summed E-state index contributed by atoms with van der Waals surface area (Å²) in [5, 5.41) is 12.2. The van der Waals surface area contributed by atoms with Gasteiger partial charge in [0, 0.05) is 6.42 Å². The summed E-state index contributed by atoms with van der Waals surface area (Å²) in [6.07, 6.45) is 2.84. The van der Waals surface area contributed by atoms with E-state index in [-0.39, 0.29) is 29.7 Å². The fourth-order valence-corrected chi connectivity index (χ4v) is 3.58. The Bertz CT molecular complexity index is 869. The highest BCUT2D eigenvalue weighted by Gasteiger charge is 2.23. The summed E-state index contributed by atoms with van der Waals surface area (Å²) in [4.78, 5) is 23.7. The van der Waals surface area contributed by atoms with E-state index in [0.717, 1.165) is 30.4 Å². The standard InChI is InChI=1S/C21H21F2NO4/c22-21(23)28-15-9-10-16-14(12-15)5-3-7-18(16)24-19(25)11-8-13-4-1-2-6-17(13)20(26)27/h1-2,4,6,9-10,12,18,21H,3,5,7-8,11H2,(H,24,25)(H,26,27). The van der Waals surface area contributed by atoms with Gasteiger partial charge in [0.05, 0.1) is 11.6 Å². The summed E-state index contributed by atoms with van der Waals surface area (Å²) in [6.45, 7) is -2.87. The Hall–Kier alpha value is -2.96. The van der Waals surface area contributed by atoms with Crippen molar-refractivity contribution < 1.29 is 28.2 Å². The summed E-state index contributed by atoms with van der Waals surface area (Å²) in [7, 11) is 0. The van der Waals surface area contributed by atoms with Crippen molar-refractivity contribution in [3.8, 4) is 5.75 Å². The minimum absolute atomic E-state index is 0.117. The van der Waals surface area contributed by atoms with E-state index in [0.29, 0.717) is 12.0 Å². The summed E-state index contributed by atoms with van der Waals surface area (Å²) < 4.78 is 29.2. The van der Waals surface area contributed by atoms with E-state index in [1.807, 2.05) is 0 Å². The molecule has 1 amide bonds. The second-order valence-electron chi connectivity index (χ2n) is 6.71. The van der Waals surface area contributed by atoms with Gasteiger partial charge in [-0.05, 0) is 60.6 Å². The number of carboxylic acid groups (broad SMARTS) is 1. The molecule has 0 heterocycles. The molecule has 2 N–H and O–H groups in total. The van der Waals surface area contributed by atoms with Crippen LogP contribution in [0.1, 0.15) is 52.4 Å². The number of fused-ring (bicyclic) bond motifs is 1. The van der Waals surface area contributed by atoms with Crippen molar-refractivity contribution >= 4 is 11.9 Å². The molecular weight excluding hydrogens is 368 g/mol. The summed E-state index contributed by atoms with van der Waals surface area (Å²) in [6, 6.07) is 11.2. The molecule has 148 valence electrons. The number of rotatable bonds is 7. The molecule has 28 heavy (non-hydrogen) atoms. The average Bonchev–Trinajstić information content (AvgIpc) is 2.66. The lowest BCUT2D eigenvalue weighted by atomic mass is 9.87. The number of nitrogens with one attached hydrogen (secondary N) is 1. The number of aryl methyl sites for hydroxylation is 2. The number of halogens is 2. The highest BCUT2D eigenvalue weighted by Crippen LogP contribution is 2.32. The maximum Gasteiger partial charge on any atom is 0.387 e. The van der Waals surface area contributed by atoms with E-state index < -0.39 is 12.6 Å². The van der Waals surface area contributed by atoms with Crippen LogP contribution in [0.5, 0.6) is 5.75 Å². The van der Waals surface area contributed by atoms with Gasteiger partial charge in [0.1, 0.15) is 5.75 Å². The van der Waals surface area contributed by atoms with Gasteiger partial charge in [-0.2, -0.15) is 8.78 Å². The van der Waals surface area contributed by atoms with Gasteiger partial charge in [0.15, 0.2) is 0 Å². The Morgan fingerprint density at radius 1 is 1.21 bits per heavy atom. The molecule has 1 aliphatic rings. The molecule has 7 heteroatoms. The van der Waals surface area contributed by atoms with Gasteiger partial charge < -0.3 is 15.2 Å². The van der Waals surface area contributed by atoms with E-state index in [2.05, 4.69) is 10.1 Å². The number of amides is 1. The maximum atomic E-state index is 12.4. The zero-order valence-electron chi connectivity index (χ0n) is 15.2. The van der Waals surface area contributed by atoms with Crippen molar-refractivity contribution in [2.75, 3.05) is 0 Å². The van der Waals surface area contributed by atoms with Gasteiger partial charge >= 0.3 is 12.6 Å². The van der Waals surface area contributed by atoms with E-state index in [1.165, 1.54) is 12.1 Å². The van der Waals surface area contributed by atoms with Crippen LogP contribution in [0.3, 0.4) is 0 Å². The minimum atomic E-state index is -2.87. The number of hydrogen-bond donors (Lipinski definition) is 2. The Morgan fingerprint density at radius 2 is 2.00 bits per heavy atom. The predicted molar refractivity (Wildman–Crippen MR) is 98.6 cm³/mol. The zero-order chi connectivity index (χ0) is 20.1. The lowest BCUT2D eigenvalue weighted by Crippen LogP contribution is -2.31. The van der Waals surface area contributed by atoms with Gasteiger partial charge in [0.25, 0.3) is 0 Å². The number of ether oxygens (including phenoxy) is 1. The topological polar surface area (TPSA) is 75.6 Å². The quantitative estimate of drug-likeness (QED) is 0.747. The van der Waals surface area contributed by atoms with Gasteiger partial charge in [0.2, 0.25) is 5.91 Å². The molecule has 1 aliphatic carbocycles. The Balaban J connectivity index is 1.64. The predicted octanol–water partition coefficient (Wildman–Crippen LogP) is 4.11. The molecule has 2 aromatic rings. The van der Waals surface area contributed by atoms with Crippen molar-refractivity contribution in [1.82, 2.24) is 5.32 Å². The van der Waals surface area contributed by atoms with Gasteiger partial charge in [-0.3, -0.25) is 4.79 Å². The first-order chi connectivity index (χ1) is 13.4. The minimum Gasteiger partial charge on any atom is -0.478 e. The first kappa shape index (κ1) is 19.8. The van der Waals surface area contributed by atoms with Gasteiger partial charge in [-0.15, -0.1) is 0 Å². The summed E-state index contributed by atoms with van der Waals surface area (Å²) >= 11 is 0. The Kier molecular flexibility index (Phi) is 6.23. The van der Waals surface area contributed by atoms with Crippen LogP contribution >= 0.6 is 0 Å². The number of benzene rings is 2. The van der Waals surface area contributed by atoms with Crippen LogP contribution in [0.2, 0.25) is 0 Å². The number of alkyl halides is 2. The lowest BCUT2D eigenvalue weighted by molar-refractivity contribution is -0.121. The lowest BCUT2D eigenvalue weighted by Gasteiger charge is -2.27. The number of hydrogen-bond acceptors (Lipinski definition) is 3. The van der Waals surface area contributed by atoms with E-state index in [9.17, 15) is 23.5 Å². The van der Waals surface area contributed by atoms with Crippen LogP contribution in [-0.2, 0) is 17.6 Å². The van der Waals surface area contributed by atoms with Crippen molar-refractivity contribution in [2.24, 2.45) is 0 Å². The molecule has 3 rings (SSSR count). The molecular formula is C21H21F2NO4. The molecule has 0 aromatic heterocycles. The fourth-order valence-electron chi connectivity index (χ4n) is 3.58. The fraction of sp³-hybridized carbons (Fsp3) is 0.333. The van der Waals surface area contributed by atoms with E-state index in [1.54, 1.807) is 30.3 Å². The Labute approximate surface area is 161 Å². The smallest absolute Gasteiger partial charge is 0.387 e. The van der Waals surface area contributed by atoms with Crippen molar-refractivity contribution in [3.63, 3.8) is 0 Å². The first-order valence-corrected chi connectivity index (χ1v) is 9.12. The second kappa shape index (κ2) is 8.82. The van der Waals surface area contributed by atoms with E-state index in [4.69, 9.17) is 0 Å². The third-order valence-electron chi connectivity index (χ3n) is 4.86. The van der Waals surface area contributed by atoms with Gasteiger partial charge in [-0.1, -0.05) is 24.3 Å². The SMILES string of the molecule is O=C(CCc1ccccc1C(=O)O)NC1CCCc2cc(OC(F)F)ccc21. The third-order valence-corrected chi connectivity index (χ3v) is 4.86. The van der Waals surface area contributed by atoms with Crippen LogP contribution < -0.4 is 10.1 Å². The maximum absolute atomic E-state index is 12.4. The molecule has 0 radical (unpaired) electrons. The highest BCUT2D eigenvalue weighted by atomic mass is 19.3. The van der Waals surface area contributed by atoms with Gasteiger partial charge in [-0.25, -0.2) is 4.79 Å².